The number of ether oxygens (including phenoxy) is 2. The van der Waals surface area contributed by atoms with E-state index in [0.29, 0.717) is 4.57 Å². The predicted octanol–water partition coefficient (Wildman–Crippen LogP) is -1.22. The highest BCUT2D eigenvalue weighted by Gasteiger charge is 2.57. The number of anilines is 1. The molecule has 0 bridgehead atoms. The van der Waals surface area contributed by atoms with Crippen LogP contribution in [0, 0.1) is 0 Å². The summed E-state index contributed by atoms with van der Waals surface area (Å²) < 4.78 is 71.1. The van der Waals surface area contributed by atoms with E-state index in [-0.39, 0.29) is 5.82 Å². The molecule has 0 radical (unpaired) electrons. The second-order valence-corrected chi connectivity index (χ2v) is 10.7. The van der Waals surface area contributed by atoms with E-state index in [2.05, 4.69) is 18.1 Å². The van der Waals surface area contributed by atoms with Gasteiger partial charge in [0.05, 0.1) is 13.2 Å². The lowest BCUT2D eigenvalue weighted by Gasteiger charge is -2.31. The Kier molecular flexibility index (Phi) is 8.18. The van der Waals surface area contributed by atoms with Gasteiger partial charge in [-0.05, 0) is 6.07 Å². The highest BCUT2D eigenvalue weighted by molar-refractivity contribution is 7.66. The minimum Gasteiger partial charge on any atom is -0.387 e. The molecular formula is C11H19FN3O14P3. The average Bonchev–Trinajstić information content (AvgIpc) is 2.83. The van der Waals surface area contributed by atoms with Crippen molar-refractivity contribution >= 4 is 29.3 Å². The number of phosphoric ester groups is 1. The molecule has 0 aliphatic carbocycles. The second-order valence-electron chi connectivity index (χ2n) is 6.30. The Morgan fingerprint density at radius 2 is 1.84 bits per heavy atom. The van der Waals surface area contributed by atoms with E-state index in [4.69, 9.17) is 29.9 Å². The lowest BCUT2D eigenvalue weighted by Crippen LogP contribution is -2.49. The number of aliphatic hydroxyl groups excluding tert-OH is 1. The number of aromatic nitrogens is 2. The number of alkyl halides is 1. The molecule has 7 N–H and O–H groups in total. The second kappa shape index (κ2) is 9.64. The molecule has 6 unspecified atom stereocenters. The zero-order valence-electron chi connectivity index (χ0n) is 15.9. The minimum atomic E-state index is -5.81. The molecule has 2 rings (SSSR count). The zero-order valence-corrected chi connectivity index (χ0v) is 18.6. The van der Waals surface area contributed by atoms with Gasteiger partial charge >= 0.3 is 29.2 Å². The molecule has 0 amide bonds. The Morgan fingerprint density at radius 3 is 2.38 bits per heavy atom. The number of nitrogens with two attached hydrogens (primary N) is 1. The molecule has 1 aliphatic heterocycles. The predicted molar refractivity (Wildman–Crippen MR) is 98.4 cm³/mol. The van der Waals surface area contributed by atoms with Gasteiger partial charge in [-0.3, -0.25) is 9.09 Å². The number of hydrogen-bond acceptors (Lipinski definition) is 12. The third kappa shape index (κ3) is 6.71. The van der Waals surface area contributed by atoms with E-state index in [1.54, 1.807) is 0 Å². The molecule has 17 nitrogen and oxygen atoms in total. The molecule has 0 aromatic carbocycles. The molecule has 1 aromatic rings. The van der Waals surface area contributed by atoms with E-state index >= 15 is 0 Å². The van der Waals surface area contributed by atoms with Crippen LogP contribution >= 0.6 is 23.5 Å². The van der Waals surface area contributed by atoms with E-state index in [1.165, 1.54) is 0 Å². The third-order valence-corrected chi connectivity index (χ3v) is 7.65. The lowest BCUT2D eigenvalue weighted by atomic mass is 9.98. The Hall–Kier alpha value is -1.10. The first-order chi connectivity index (χ1) is 14.5. The summed E-state index contributed by atoms with van der Waals surface area (Å²) in [7, 11) is -16.0. The molecule has 0 saturated carbocycles. The standard InChI is InChI=1S/C11H19FN3O14P3/c1-25-4-11(5-26-31(21,22)29-32(23,24)28-30(18,19)20)8(16)7(12)9(27-11)15-3-2-6(13)14-10(15)17/h2-3,7-9,16H,4-5H2,1H3,(H,21,22)(H,23,24)(H2,13,14,17)(H2,18,19,20). The van der Waals surface area contributed by atoms with Crippen LogP contribution in [-0.2, 0) is 36.3 Å². The highest BCUT2D eigenvalue weighted by atomic mass is 31.3. The first-order valence-corrected chi connectivity index (χ1v) is 12.6. The molecule has 1 aliphatic rings. The molecule has 1 saturated heterocycles. The van der Waals surface area contributed by atoms with E-state index < -0.39 is 66.5 Å². The smallest absolute Gasteiger partial charge is 0.387 e. The fourth-order valence-corrected chi connectivity index (χ4v) is 5.75. The number of aliphatic hydroxyl groups is 1. The lowest BCUT2D eigenvalue weighted by molar-refractivity contribution is -0.154. The Bertz CT molecular complexity index is 1030. The number of methoxy groups -OCH3 is 1. The van der Waals surface area contributed by atoms with Gasteiger partial charge < -0.3 is 39.9 Å². The topological polar surface area (TPSA) is 259 Å². The van der Waals surface area contributed by atoms with E-state index in [1.807, 2.05) is 0 Å². The maximum atomic E-state index is 14.8. The van der Waals surface area contributed by atoms with Gasteiger partial charge in [0, 0.05) is 13.3 Å². The summed E-state index contributed by atoms with van der Waals surface area (Å²) in [6, 6.07) is 1.13. The number of nitrogens with zero attached hydrogens (tertiary/aromatic N) is 2. The molecule has 21 heteroatoms. The van der Waals surface area contributed by atoms with Gasteiger partial charge in [0.2, 0.25) is 0 Å². The Balaban J connectivity index is 2.24. The molecule has 1 fully saturated rings. The van der Waals surface area contributed by atoms with Crippen LogP contribution in [0.3, 0.4) is 0 Å². The van der Waals surface area contributed by atoms with Crippen molar-refractivity contribution in [1.82, 2.24) is 9.55 Å². The van der Waals surface area contributed by atoms with Crippen molar-refractivity contribution in [2.75, 3.05) is 26.1 Å². The summed E-state index contributed by atoms with van der Waals surface area (Å²) in [4.78, 5) is 51.2. The summed E-state index contributed by atoms with van der Waals surface area (Å²) >= 11 is 0. The van der Waals surface area contributed by atoms with Crippen molar-refractivity contribution in [2.45, 2.75) is 24.1 Å². The third-order valence-electron chi connectivity index (χ3n) is 3.87. The van der Waals surface area contributed by atoms with Crippen LogP contribution < -0.4 is 11.4 Å². The van der Waals surface area contributed by atoms with Crippen LogP contribution in [0.5, 0.6) is 0 Å². The van der Waals surface area contributed by atoms with Crippen molar-refractivity contribution in [3.8, 4) is 0 Å². The van der Waals surface area contributed by atoms with Gasteiger partial charge in [0.15, 0.2) is 12.4 Å². The van der Waals surface area contributed by atoms with Gasteiger partial charge in [-0.2, -0.15) is 13.6 Å². The Morgan fingerprint density at radius 1 is 1.22 bits per heavy atom. The molecule has 1 aromatic heterocycles. The fraction of sp³-hybridized carbons (Fsp3) is 0.636. The van der Waals surface area contributed by atoms with Gasteiger partial charge in [0.1, 0.15) is 17.5 Å². The normalized spacial score (nSPS) is 30.0. The number of rotatable bonds is 10. The van der Waals surface area contributed by atoms with Crippen molar-refractivity contribution in [1.29, 1.82) is 0 Å². The van der Waals surface area contributed by atoms with Crippen molar-refractivity contribution < 1.29 is 65.4 Å². The number of hydrogen-bond donors (Lipinski definition) is 6. The van der Waals surface area contributed by atoms with Gasteiger partial charge in [-0.1, -0.05) is 0 Å². The summed E-state index contributed by atoms with van der Waals surface area (Å²) in [5.41, 5.74) is 2.04. The first-order valence-electron chi connectivity index (χ1n) is 8.13. The number of halogens is 1. The number of phosphoric acid groups is 3. The molecule has 32 heavy (non-hydrogen) atoms. The maximum absolute atomic E-state index is 14.8. The van der Waals surface area contributed by atoms with Crippen LogP contribution in [0.1, 0.15) is 6.23 Å². The van der Waals surface area contributed by atoms with Gasteiger partial charge in [-0.15, -0.1) is 0 Å². The first kappa shape index (κ1) is 27.1. The van der Waals surface area contributed by atoms with Crippen LogP contribution in [0.2, 0.25) is 0 Å². The van der Waals surface area contributed by atoms with Crippen LogP contribution in [-0.4, -0.2) is 72.4 Å². The summed E-state index contributed by atoms with van der Waals surface area (Å²) in [5.74, 6) is -0.184. The van der Waals surface area contributed by atoms with E-state index in [0.717, 1.165) is 19.4 Å². The van der Waals surface area contributed by atoms with Crippen LogP contribution in [0.4, 0.5) is 10.2 Å². The highest BCUT2D eigenvalue weighted by Crippen LogP contribution is 2.66. The van der Waals surface area contributed by atoms with Crippen molar-refractivity contribution in [3.63, 3.8) is 0 Å². The molecule has 6 atom stereocenters. The molecule has 184 valence electrons. The largest absolute Gasteiger partial charge is 0.490 e. The molecule has 0 spiro atoms. The maximum Gasteiger partial charge on any atom is 0.490 e. The van der Waals surface area contributed by atoms with E-state index in [9.17, 15) is 32.9 Å². The van der Waals surface area contributed by atoms with Gasteiger partial charge in [0.25, 0.3) is 0 Å². The summed E-state index contributed by atoms with van der Waals surface area (Å²) in [6.45, 7) is -1.90. The van der Waals surface area contributed by atoms with Crippen LogP contribution in [0.25, 0.3) is 0 Å². The average molecular weight is 529 g/mol. The zero-order chi connectivity index (χ0) is 24.5. The summed E-state index contributed by atoms with van der Waals surface area (Å²) in [6.07, 6.45) is -5.26. The monoisotopic (exact) mass is 529 g/mol. The fourth-order valence-electron chi connectivity index (χ4n) is 2.67. The molecule has 2 heterocycles. The Labute approximate surface area is 177 Å². The quantitative estimate of drug-likeness (QED) is 0.194. The minimum absolute atomic E-state index is 0.184. The SMILES string of the molecule is COCC1(COP(=O)(O)OP(=O)(O)OP(=O)(O)O)OC(n2ccc(N)nc2=O)C(F)C1O. The number of nitrogen functional groups attached to an aromatic ring is 1. The molecular weight excluding hydrogens is 510 g/mol. The van der Waals surface area contributed by atoms with Gasteiger partial charge in [-0.25, -0.2) is 22.9 Å². The van der Waals surface area contributed by atoms with Crippen LogP contribution in [0.15, 0.2) is 17.1 Å². The van der Waals surface area contributed by atoms with Crippen molar-refractivity contribution in [2.24, 2.45) is 0 Å². The van der Waals surface area contributed by atoms with Crippen molar-refractivity contribution in [3.05, 3.63) is 22.7 Å². The summed E-state index contributed by atoms with van der Waals surface area (Å²) in [5, 5.41) is 10.3.